The standard InChI is InChI=1S/C5H8F3O5P/c1-3(9)13-4(5(6,7)8)14(10,11)12-2/h4H,1-2H3,(H,10,11). The summed E-state index contributed by atoms with van der Waals surface area (Å²) in [6.45, 7) is 0.689. The Morgan fingerprint density at radius 2 is 1.93 bits per heavy atom. The van der Waals surface area contributed by atoms with Crippen LogP contribution >= 0.6 is 7.60 Å². The van der Waals surface area contributed by atoms with Crippen molar-refractivity contribution in [1.82, 2.24) is 0 Å². The van der Waals surface area contributed by atoms with E-state index in [2.05, 4.69) is 9.26 Å². The molecular weight excluding hydrogens is 228 g/mol. The number of hydrogen-bond donors (Lipinski definition) is 1. The number of ether oxygens (including phenoxy) is 1. The molecule has 0 aliphatic rings. The van der Waals surface area contributed by atoms with E-state index in [4.69, 9.17) is 4.89 Å². The first-order chi connectivity index (χ1) is 6.11. The third-order valence-corrected chi connectivity index (χ3v) is 2.63. The lowest BCUT2D eigenvalue weighted by Crippen LogP contribution is -2.33. The molecule has 0 aliphatic carbocycles. The maximum absolute atomic E-state index is 12.1. The van der Waals surface area contributed by atoms with Gasteiger partial charge in [-0.15, -0.1) is 0 Å². The van der Waals surface area contributed by atoms with Crippen molar-refractivity contribution in [1.29, 1.82) is 0 Å². The van der Waals surface area contributed by atoms with Crippen molar-refractivity contribution in [3.05, 3.63) is 0 Å². The molecule has 0 spiro atoms. The zero-order chi connectivity index (χ0) is 11.6. The SMILES string of the molecule is COP(=O)(O)C(OC(C)=O)C(F)(F)F. The van der Waals surface area contributed by atoms with Gasteiger partial charge in [0.2, 0.25) is 0 Å². The highest BCUT2D eigenvalue weighted by Gasteiger charge is 2.55. The van der Waals surface area contributed by atoms with Gasteiger partial charge in [-0.25, -0.2) is 0 Å². The fourth-order valence-corrected chi connectivity index (χ4v) is 1.41. The van der Waals surface area contributed by atoms with Crippen LogP contribution in [0, 0.1) is 0 Å². The first kappa shape index (κ1) is 13.4. The molecule has 0 saturated heterocycles. The van der Waals surface area contributed by atoms with E-state index >= 15 is 0 Å². The Morgan fingerprint density at radius 1 is 1.50 bits per heavy atom. The van der Waals surface area contributed by atoms with Gasteiger partial charge in [-0.05, 0) is 0 Å². The van der Waals surface area contributed by atoms with E-state index in [9.17, 15) is 22.5 Å². The molecule has 0 radical (unpaired) electrons. The highest BCUT2D eigenvalue weighted by Crippen LogP contribution is 2.53. The van der Waals surface area contributed by atoms with Crippen LogP contribution in [0.5, 0.6) is 0 Å². The second kappa shape index (κ2) is 4.29. The van der Waals surface area contributed by atoms with Crippen LogP contribution in [0.25, 0.3) is 0 Å². The number of alkyl halides is 3. The summed E-state index contributed by atoms with van der Waals surface area (Å²) < 4.78 is 54.4. The Hall–Kier alpha value is -0.590. The predicted molar refractivity (Wildman–Crippen MR) is 38.4 cm³/mol. The predicted octanol–water partition coefficient (Wildman–Crippen LogP) is 1.27. The van der Waals surface area contributed by atoms with Gasteiger partial charge in [0.05, 0.1) is 0 Å². The Labute approximate surface area is 77.3 Å². The normalized spacial score (nSPS) is 18.4. The lowest BCUT2D eigenvalue weighted by atomic mass is 10.7. The number of carbonyl (C=O) groups excluding carboxylic acids is 1. The van der Waals surface area contributed by atoms with Crippen LogP contribution in [-0.4, -0.2) is 30.0 Å². The van der Waals surface area contributed by atoms with Crippen LogP contribution in [0.15, 0.2) is 0 Å². The van der Waals surface area contributed by atoms with Crippen molar-refractivity contribution in [2.45, 2.75) is 18.9 Å². The van der Waals surface area contributed by atoms with Crippen LogP contribution < -0.4 is 0 Å². The Kier molecular flexibility index (Phi) is 4.11. The summed E-state index contributed by atoms with van der Waals surface area (Å²) in [4.78, 5) is 19.0. The van der Waals surface area contributed by atoms with Gasteiger partial charge in [0, 0.05) is 14.0 Å². The fourth-order valence-electron chi connectivity index (χ4n) is 0.571. The molecule has 0 rings (SSSR count). The van der Waals surface area contributed by atoms with Crippen LogP contribution in [0.1, 0.15) is 6.92 Å². The van der Waals surface area contributed by atoms with Crippen molar-refractivity contribution in [2.75, 3.05) is 7.11 Å². The highest BCUT2D eigenvalue weighted by molar-refractivity contribution is 7.53. The molecule has 0 aliphatic heterocycles. The van der Waals surface area contributed by atoms with Crippen molar-refractivity contribution >= 4 is 13.6 Å². The number of halogens is 3. The summed E-state index contributed by atoms with van der Waals surface area (Å²) >= 11 is 0. The average Bonchev–Trinajstić information content (AvgIpc) is 1.98. The molecule has 84 valence electrons. The topological polar surface area (TPSA) is 72.8 Å². The van der Waals surface area contributed by atoms with Gasteiger partial charge in [-0.2, -0.15) is 13.2 Å². The van der Waals surface area contributed by atoms with Gasteiger partial charge in [0.1, 0.15) is 0 Å². The van der Waals surface area contributed by atoms with Crippen LogP contribution in [0.4, 0.5) is 13.2 Å². The van der Waals surface area contributed by atoms with Crippen LogP contribution in [0.3, 0.4) is 0 Å². The quantitative estimate of drug-likeness (QED) is 0.590. The Bertz CT molecular complexity index is 263. The van der Waals surface area contributed by atoms with Crippen molar-refractivity contribution in [3.8, 4) is 0 Å². The lowest BCUT2D eigenvalue weighted by molar-refractivity contribution is -0.201. The number of rotatable bonds is 3. The van der Waals surface area contributed by atoms with Crippen molar-refractivity contribution in [3.63, 3.8) is 0 Å². The lowest BCUT2D eigenvalue weighted by Gasteiger charge is -2.22. The second-order valence-electron chi connectivity index (χ2n) is 2.25. The minimum absolute atomic E-state index is 0.614. The molecule has 0 fully saturated rings. The molecule has 0 bridgehead atoms. The molecule has 2 atom stereocenters. The maximum Gasteiger partial charge on any atom is 0.437 e. The minimum atomic E-state index is -5.15. The smallest absolute Gasteiger partial charge is 0.437 e. The summed E-state index contributed by atoms with van der Waals surface area (Å²) in [5, 5.41) is 0. The van der Waals surface area contributed by atoms with Gasteiger partial charge in [0.25, 0.3) is 5.85 Å². The largest absolute Gasteiger partial charge is 0.440 e. The van der Waals surface area contributed by atoms with E-state index in [-0.39, 0.29) is 0 Å². The monoisotopic (exact) mass is 236 g/mol. The first-order valence-electron chi connectivity index (χ1n) is 3.23. The molecule has 5 nitrogen and oxygen atoms in total. The summed E-state index contributed by atoms with van der Waals surface area (Å²) in [5.74, 6) is -4.46. The molecule has 2 unspecified atom stereocenters. The van der Waals surface area contributed by atoms with Crippen molar-refractivity contribution < 1.29 is 36.7 Å². The third-order valence-electron chi connectivity index (χ3n) is 1.12. The molecule has 0 amide bonds. The summed E-state index contributed by atoms with van der Waals surface area (Å²) in [5.41, 5.74) is 0. The molecule has 0 aromatic heterocycles. The van der Waals surface area contributed by atoms with E-state index in [1.54, 1.807) is 0 Å². The number of hydrogen-bond acceptors (Lipinski definition) is 4. The van der Waals surface area contributed by atoms with Gasteiger partial charge in [-0.3, -0.25) is 9.36 Å². The number of esters is 1. The molecule has 9 heteroatoms. The molecule has 0 heterocycles. The Morgan fingerprint density at radius 3 is 2.14 bits per heavy atom. The third kappa shape index (κ3) is 3.65. The van der Waals surface area contributed by atoms with E-state index in [1.807, 2.05) is 0 Å². The van der Waals surface area contributed by atoms with Crippen LogP contribution in [-0.2, 0) is 18.6 Å². The zero-order valence-corrected chi connectivity index (χ0v) is 8.13. The van der Waals surface area contributed by atoms with E-state index in [0.717, 1.165) is 0 Å². The van der Waals surface area contributed by atoms with E-state index in [0.29, 0.717) is 14.0 Å². The minimum Gasteiger partial charge on any atom is -0.440 e. The van der Waals surface area contributed by atoms with Gasteiger partial charge in [-0.1, -0.05) is 0 Å². The zero-order valence-electron chi connectivity index (χ0n) is 7.24. The van der Waals surface area contributed by atoms with Gasteiger partial charge < -0.3 is 14.2 Å². The molecule has 14 heavy (non-hydrogen) atoms. The summed E-state index contributed by atoms with van der Waals surface area (Å²) in [7, 11) is -4.41. The summed E-state index contributed by atoms with van der Waals surface area (Å²) in [6.07, 6.45) is -5.15. The average molecular weight is 236 g/mol. The molecular formula is C5H8F3O5P. The first-order valence-corrected chi connectivity index (χ1v) is 4.88. The van der Waals surface area contributed by atoms with E-state index < -0.39 is 25.6 Å². The Balaban J connectivity index is 4.92. The molecule has 0 aromatic carbocycles. The number of carbonyl (C=O) groups is 1. The van der Waals surface area contributed by atoms with Gasteiger partial charge >= 0.3 is 19.7 Å². The second-order valence-corrected chi connectivity index (χ2v) is 4.21. The van der Waals surface area contributed by atoms with E-state index in [1.165, 1.54) is 0 Å². The fraction of sp³-hybridized carbons (Fsp3) is 0.800. The molecule has 1 N–H and O–H groups in total. The highest BCUT2D eigenvalue weighted by atomic mass is 31.2. The van der Waals surface area contributed by atoms with Gasteiger partial charge in [0.15, 0.2) is 0 Å². The van der Waals surface area contributed by atoms with Crippen molar-refractivity contribution in [2.24, 2.45) is 0 Å². The summed E-state index contributed by atoms with van der Waals surface area (Å²) in [6, 6.07) is 0. The maximum atomic E-state index is 12.1. The molecule has 0 aromatic rings. The molecule has 0 saturated carbocycles. The van der Waals surface area contributed by atoms with Crippen LogP contribution in [0.2, 0.25) is 0 Å².